The van der Waals surface area contributed by atoms with Crippen molar-refractivity contribution in [2.24, 2.45) is 0 Å². The lowest BCUT2D eigenvalue weighted by atomic mass is 10.0. The maximum Gasteiger partial charge on any atom is 0.462 e. The fraction of sp³-hybridized carbons (Fsp3) is 1.00. The zero-order chi connectivity index (χ0) is 38.0. The second-order valence-corrected chi connectivity index (χ2v) is 23.1. The van der Waals surface area contributed by atoms with Crippen molar-refractivity contribution >= 4 is 16.1 Å². The van der Waals surface area contributed by atoms with Crippen LogP contribution in [0.3, 0.4) is 0 Å². The van der Waals surface area contributed by atoms with Crippen molar-refractivity contribution in [2.75, 3.05) is 0 Å². The van der Waals surface area contributed by atoms with E-state index in [0.717, 1.165) is 19.6 Å². The zero-order valence-electron chi connectivity index (χ0n) is 23.7. The molecule has 0 N–H and O–H groups in total. The predicted octanol–water partition coefficient (Wildman–Crippen LogP) is 11.3. The number of hydrogen-bond acceptors (Lipinski definition) is 2. The summed E-state index contributed by atoms with van der Waals surface area (Å²) in [7, 11) is -8.62. The van der Waals surface area contributed by atoms with Gasteiger partial charge in [-0.05, 0) is 12.0 Å². The summed E-state index contributed by atoms with van der Waals surface area (Å²) in [5, 5.41) is 0. The van der Waals surface area contributed by atoms with Crippen LogP contribution in [-0.4, -0.2) is 76.6 Å². The minimum Gasteiger partial charge on any atom is -0.269 e. The smallest absolute Gasteiger partial charge is 0.269 e. The van der Waals surface area contributed by atoms with Gasteiger partial charge in [0.1, 0.15) is 0 Å². The summed E-state index contributed by atoms with van der Waals surface area (Å²) < 4.78 is 302. The van der Waals surface area contributed by atoms with E-state index in [4.69, 9.17) is 0 Å². The minimum atomic E-state index is -7.56. The SMILES string of the molecule is C[Si](C)(C)C(CC(C(F)(OC(F)(F)C(F)(F)C(F)(F)F)C(F)(F)F)[Si](C)(C)C)CC(F)(OC(F)(F)C(F)(F)C(F)(F)F)C(F)(F)F. The second kappa shape index (κ2) is 12.3. The molecule has 4 atom stereocenters. The minimum absolute atomic E-state index is 0.545. The van der Waals surface area contributed by atoms with Crippen LogP contribution in [0, 0.1) is 0 Å². The van der Waals surface area contributed by atoms with E-state index in [0.29, 0.717) is 19.6 Å². The second-order valence-electron chi connectivity index (χ2n) is 12.2. The Hall–Kier alpha value is -1.19. The third-order valence-corrected chi connectivity index (χ3v) is 12.2. The number of rotatable bonds is 13. The van der Waals surface area contributed by atoms with E-state index < -0.39 is 101 Å². The van der Waals surface area contributed by atoms with Gasteiger partial charge in [0.2, 0.25) is 0 Å². The van der Waals surface area contributed by atoms with Crippen LogP contribution in [0.5, 0.6) is 0 Å². The molecule has 0 bridgehead atoms. The van der Waals surface area contributed by atoms with Gasteiger partial charge in [-0.1, -0.05) is 39.3 Å². The molecule has 0 heterocycles. The van der Waals surface area contributed by atoms with Gasteiger partial charge in [-0.3, -0.25) is 9.47 Å². The quantitative estimate of drug-likeness (QED) is 0.137. The van der Waals surface area contributed by atoms with Crippen molar-refractivity contribution < 1.29 is 106 Å². The van der Waals surface area contributed by atoms with Gasteiger partial charge >= 0.3 is 60.5 Å². The first-order valence-corrected chi connectivity index (χ1v) is 19.1. The Morgan fingerprint density at radius 3 is 1.00 bits per heavy atom. The van der Waals surface area contributed by atoms with Crippen molar-refractivity contribution in [1.29, 1.82) is 0 Å². The van der Waals surface area contributed by atoms with Crippen LogP contribution in [-0.2, 0) is 9.47 Å². The van der Waals surface area contributed by atoms with Crippen molar-refractivity contribution in [1.82, 2.24) is 0 Å². The van der Waals surface area contributed by atoms with Gasteiger partial charge < -0.3 is 0 Å². The van der Waals surface area contributed by atoms with E-state index >= 15 is 8.78 Å². The van der Waals surface area contributed by atoms with E-state index in [1.54, 1.807) is 0 Å². The summed E-state index contributed by atoms with van der Waals surface area (Å²) in [5.41, 5.74) is -6.30. The molecule has 0 saturated heterocycles. The van der Waals surface area contributed by atoms with Crippen LogP contribution < -0.4 is 0 Å². The summed E-state index contributed by atoms with van der Waals surface area (Å²) in [5.74, 6) is -27.8. The Morgan fingerprint density at radius 1 is 0.435 bits per heavy atom. The molecule has 4 unspecified atom stereocenters. The first-order valence-electron chi connectivity index (χ1n) is 11.9. The third-order valence-electron chi connectivity index (χ3n) is 6.57. The van der Waals surface area contributed by atoms with Gasteiger partial charge in [0.05, 0.1) is 8.07 Å². The van der Waals surface area contributed by atoms with Crippen LogP contribution in [0.4, 0.5) is 96.6 Å². The lowest BCUT2D eigenvalue weighted by Gasteiger charge is -2.47. The number of halogens is 22. The molecule has 0 amide bonds. The van der Waals surface area contributed by atoms with Crippen LogP contribution in [0.25, 0.3) is 0 Å². The van der Waals surface area contributed by atoms with Gasteiger partial charge in [-0.2, -0.15) is 87.8 Å². The van der Waals surface area contributed by atoms with Crippen molar-refractivity contribution in [3.8, 4) is 0 Å². The summed E-state index contributed by atoms with van der Waals surface area (Å²) in [6.45, 7) is 3.84. The number of alkyl halides is 22. The van der Waals surface area contributed by atoms with Gasteiger partial charge in [0.15, 0.2) is 0 Å². The predicted molar refractivity (Wildman–Crippen MR) is 117 cm³/mol. The molecule has 2 nitrogen and oxygen atoms in total. The Kier molecular flexibility index (Phi) is 12.0. The highest BCUT2D eigenvalue weighted by molar-refractivity contribution is 6.79. The Morgan fingerprint density at radius 2 is 0.761 bits per heavy atom. The molecule has 0 spiro atoms. The molecule has 278 valence electrons. The normalized spacial score (nSPS) is 19.8. The zero-order valence-corrected chi connectivity index (χ0v) is 25.7. The van der Waals surface area contributed by atoms with Gasteiger partial charge in [-0.25, -0.2) is 8.78 Å². The van der Waals surface area contributed by atoms with Crippen molar-refractivity contribution in [3.63, 3.8) is 0 Å². The summed E-state index contributed by atoms with van der Waals surface area (Å²) in [6.07, 6.45) is -48.8. The standard InChI is InChI=1S/C20H24F22O2Si2/c1-45(2,3)9(8-11(21,15(27,28)29)43-19(39,40)13(23,24)17(33,34)35)7-10(46(4,5)6)12(22,16(30,31)32)44-20(41,42)14(25,26)18(36,37)38/h9-10H,7-8H2,1-6H3. The molecule has 0 fully saturated rings. The molecule has 0 aromatic heterocycles. The summed E-state index contributed by atoms with van der Waals surface area (Å²) >= 11 is 0. The summed E-state index contributed by atoms with van der Waals surface area (Å²) in [6, 6.07) is 0. The highest BCUT2D eigenvalue weighted by Crippen LogP contribution is 2.60. The molecule has 0 saturated carbocycles. The summed E-state index contributed by atoms with van der Waals surface area (Å²) in [4.78, 5) is 0. The topological polar surface area (TPSA) is 18.5 Å². The first kappa shape index (κ1) is 44.8. The fourth-order valence-corrected chi connectivity index (χ4v) is 8.18. The van der Waals surface area contributed by atoms with Gasteiger partial charge in [-0.15, -0.1) is 0 Å². The fourth-order valence-electron chi connectivity index (χ4n) is 3.80. The Labute approximate surface area is 246 Å². The van der Waals surface area contributed by atoms with Crippen molar-refractivity contribution in [2.45, 2.75) is 124 Å². The molecule has 46 heavy (non-hydrogen) atoms. The number of hydrogen-bond donors (Lipinski definition) is 0. The molecule has 26 heteroatoms. The van der Waals surface area contributed by atoms with Crippen LogP contribution in [0.1, 0.15) is 12.8 Å². The molecule has 0 radical (unpaired) electrons. The molecular weight excluding hydrogens is 746 g/mol. The lowest BCUT2D eigenvalue weighted by Crippen LogP contribution is -2.63. The number of ether oxygens (including phenoxy) is 2. The van der Waals surface area contributed by atoms with Crippen LogP contribution in [0.2, 0.25) is 50.4 Å². The molecular formula is C20H24F22O2Si2. The Balaban J connectivity index is 7.41. The third kappa shape index (κ3) is 8.88. The monoisotopic (exact) mass is 770 g/mol. The van der Waals surface area contributed by atoms with E-state index in [1.807, 2.05) is 0 Å². The lowest BCUT2D eigenvalue weighted by molar-refractivity contribution is -0.485. The van der Waals surface area contributed by atoms with E-state index in [-0.39, 0.29) is 0 Å². The maximum atomic E-state index is 15.7. The van der Waals surface area contributed by atoms with Gasteiger partial charge in [0, 0.05) is 20.0 Å². The van der Waals surface area contributed by atoms with Crippen molar-refractivity contribution in [3.05, 3.63) is 0 Å². The molecule has 0 aromatic rings. The highest BCUT2D eigenvalue weighted by Gasteiger charge is 2.81. The van der Waals surface area contributed by atoms with Crippen LogP contribution >= 0.6 is 0 Å². The Bertz CT molecular complexity index is 1040. The highest BCUT2D eigenvalue weighted by atomic mass is 28.3. The molecule has 0 aliphatic heterocycles. The van der Waals surface area contributed by atoms with E-state index in [1.165, 1.54) is 0 Å². The molecule has 0 aliphatic carbocycles. The average molecular weight is 771 g/mol. The van der Waals surface area contributed by atoms with E-state index in [9.17, 15) is 87.8 Å². The van der Waals surface area contributed by atoms with E-state index in [2.05, 4.69) is 9.47 Å². The molecule has 0 aliphatic rings. The van der Waals surface area contributed by atoms with Crippen LogP contribution in [0.15, 0.2) is 0 Å². The molecule has 0 rings (SSSR count). The first-order chi connectivity index (χ1) is 19.4. The molecule has 0 aromatic carbocycles. The van der Waals surface area contributed by atoms with Gasteiger partial charge in [0.25, 0.3) is 0 Å². The largest absolute Gasteiger partial charge is 0.462 e. The maximum absolute atomic E-state index is 15.7. The average Bonchev–Trinajstić information content (AvgIpc) is 2.70.